The van der Waals surface area contributed by atoms with Crippen LogP contribution in [0.3, 0.4) is 0 Å². The summed E-state index contributed by atoms with van der Waals surface area (Å²) in [5, 5.41) is 5.71. The first-order chi connectivity index (χ1) is 7.29. The van der Waals surface area contributed by atoms with Crippen LogP contribution in [0.4, 0.5) is 0 Å². The van der Waals surface area contributed by atoms with Gasteiger partial charge in [-0.15, -0.1) is 11.3 Å². The Bertz CT molecular complexity index is 357. The third-order valence-electron chi connectivity index (χ3n) is 2.65. The van der Waals surface area contributed by atoms with Gasteiger partial charge in [0.1, 0.15) is 5.01 Å². The summed E-state index contributed by atoms with van der Waals surface area (Å²) in [5.41, 5.74) is 4.60. The SMILES string of the molecule is CCC(C)(N)C(=O)NC(C)(C)c1nccs1. The second kappa shape index (κ2) is 4.51. The fourth-order valence-corrected chi connectivity index (χ4v) is 1.89. The van der Waals surface area contributed by atoms with Crippen molar-refractivity contribution in [1.29, 1.82) is 0 Å². The highest BCUT2D eigenvalue weighted by atomic mass is 32.1. The molecule has 1 aromatic heterocycles. The number of rotatable bonds is 4. The Morgan fingerprint density at radius 1 is 1.56 bits per heavy atom. The highest BCUT2D eigenvalue weighted by molar-refractivity contribution is 7.09. The number of nitrogens with two attached hydrogens (primary N) is 1. The number of carbonyl (C=O) groups is 1. The Balaban J connectivity index is 2.78. The molecule has 0 aliphatic carbocycles. The number of carbonyl (C=O) groups excluding carboxylic acids is 1. The third kappa shape index (κ3) is 2.80. The van der Waals surface area contributed by atoms with Gasteiger partial charge in [-0.25, -0.2) is 4.98 Å². The molecular formula is C11H19N3OS. The van der Waals surface area contributed by atoms with E-state index in [1.807, 2.05) is 26.2 Å². The van der Waals surface area contributed by atoms with Crippen molar-refractivity contribution in [1.82, 2.24) is 10.3 Å². The molecule has 1 rings (SSSR count). The second-order valence-electron chi connectivity index (χ2n) is 4.69. The van der Waals surface area contributed by atoms with Gasteiger partial charge in [-0.1, -0.05) is 6.92 Å². The van der Waals surface area contributed by atoms with E-state index in [0.717, 1.165) is 5.01 Å². The Morgan fingerprint density at radius 3 is 2.62 bits per heavy atom. The Morgan fingerprint density at radius 2 is 2.19 bits per heavy atom. The first kappa shape index (κ1) is 13.1. The number of hydrogen-bond donors (Lipinski definition) is 2. The summed E-state index contributed by atoms with van der Waals surface area (Å²) in [6, 6.07) is 0. The number of nitrogens with zero attached hydrogens (tertiary/aromatic N) is 1. The monoisotopic (exact) mass is 241 g/mol. The van der Waals surface area contributed by atoms with E-state index in [-0.39, 0.29) is 5.91 Å². The van der Waals surface area contributed by atoms with E-state index in [0.29, 0.717) is 6.42 Å². The van der Waals surface area contributed by atoms with Crippen LogP contribution in [0.25, 0.3) is 0 Å². The average molecular weight is 241 g/mol. The minimum atomic E-state index is -0.825. The predicted octanol–water partition coefficient (Wildman–Crippen LogP) is 1.62. The predicted molar refractivity (Wildman–Crippen MR) is 66.2 cm³/mol. The van der Waals surface area contributed by atoms with Crippen molar-refractivity contribution in [2.24, 2.45) is 5.73 Å². The summed E-state index contributed by atoms with van der Waals surface area (Å²) in [4.78, 5) is 16.2. The molecule has 1 heterocycles. The fourth-order valence-electron chi connectivity index (χ4n) is 1.17. The van der Waals surface area contributed by atoms with Crippen LogP contribution in [0.15, 0.2) is 11.6 Å². The highest BCUT2D eigenvalue weighted by Gasteiger charge is 2.32. The summed E-state index contributed by atoms with van der Waals surface area (Å²) in [7, 11) is 0. The van der Waals surface area contributed by atoms with E-state index in [1.165, 1.54) is 11.3 Å². The first-order valence-electron chi connectivity index (χ1n) is 5.31. The number of aromatic nitrogens is 1. The second-order valence-corrected chi connectivity index (χ2v) is 5.58. The van der Waals surface area contributed by atoms with Crippen LogP contribution in [0, 0.1) is 0 Å². The number of hydrogen-bond acceptors (Lipinski definition) is 4. The lowest BCUT2D eigenvalue weighted by molar-refractivity contribution is -0.127. The number of nitrogens with one attached hydrogen (secondary N) is 1. The minimum absolute atomic E-state index is 0.143. The molecule has 3 N–H and O–H groups in total. The van der Waals surface area contributed by atoms with Gasteiger partial charge in [0.15, 0.2) is 0 Å². The van der Waals surface area contributed by atoms with E-state index in [9.17, 15) is 4.79 Å². The lowest BCUT2D eigenvalue weighted by Crippen LogP contribution is -2.55. The molecule has 90 valence electrons. The fraction of sp³-hybridized carbons (Fsp3) is 0.636. The molecule has 1 aromatic rings. The molecule has 0 bridgehead atoms. The van der Waals surface area contributed by atoms with Gasteiger partial charge in [0.25, 0.3) is 0 Å². The maximum Gasteiger partial charge on any atom is 0.240 e. The zero-order chi connectivity index (χ0) is 12.4. The van der Waals surface area contributed by atoms with Gasteiger partial charge in [0, 0.05) is 11.6 Å². The molecule has 4 nitrogen and oxygen atoms in total. The van der Waals surface area contributed by atoms with Crippen molar-refractivity contribution in [2.75, 3.05) is 0 Å². The van der Waals surface area contributed by atoms with E-state index in [2.05, 4.69) is 10.3 Å². The van der Waals surface area contributed by atoms with Crippen LogP contribution >= 0.6 is 11.3 Å². The van der Waals surface area contributed by atoms with E-state index in [4.69, 9.17) is 5.73 Å². The third-order valence-corrected chi connectivity index (χ3v) is 3.74. The highest BCUT2D eigenvalue weighted by Crippen LogP contribution is 2.22. The van der Waals surface area contributed by atoms with Gasteiger partial charge < -0.3 is 11.1 Å². The van der Waals surface area contributed by atoms with Crippen LogP contribution in [0.2, 0.25) is 0 Å². The van der Waals surface area contributed by atoms with Gasteiger partial charge in [-0.05, 0) is 27.2 Å². The van der Waals surface area contributed by atoms with Gasteiger partial charge in [-0.2, -0.15) is 0 Å². The van der Waals surface area contributed by atoms with Gasteiger partial charge in [-0.3, -0.25) is 4.79 Å². The molecule has 0 spiro atoms. The molecule has 0 radical (unpaired) electrons. The molecule has 0 aliphatic rings. The molecule has 0 aromatic carbocycles. The van der Waals surface area contributed by atoms with Crippen LogP contribution in [-0.4, -0.2) is 16.4 Å². The Hall–Kier alpha value is -0.940. The molecule has 0 saturated carbocycles. The minimum Gasteiger partial charge on any atom is -0.343 e. The summed E-state index contributed by atoms with van der Waals surface area (Å²) in [6.45, 7) is 7.49. The van der Waals surface area contributed by atoms with E-state index in [1.54, 1.807) is 13.1 Å². The summed E-state index contributed by atoms with van der Waals surface area (Å²) in [6.07, 6.45) is 2.34. The Labute approximate surface area is 100 Å². The lowest BCUT2D eigenvalue weighted by atomic mass is 9.97. The normalized spacial score (nSPS) is 15.6. The van der Waals surface area contributed by atoms with Crippen LogP contribution in [0.1, 0.15) is 39.1 Å². The summed E-state index contributed by atoms with van der Waals surface area (Å²) in [5.74, 6) is -0.143. The number of amides is 1. The topological polar surface area (TPSA) is 68.0 Å². The Kier molecular flexibility index (Phi) is 3.70. The van der Waals surface area contributed by atoms with Crippen molar-refractivity contribution < 1.29 is 4.79 Å². The van der Waals surface area contributed by atoms with Crippen molar-refractivity contribution in [3.05, 3.63) is 16.6 Å². The smallest absolute Gasteiger partial charge is 0.240 e. The van der Waals surface area contributed by atoms with Crippen LogP contribution in [-0.2, 0) is 10.3 Å². The molecule has 0 fully saturated rings. The van der Waals surface area contributed by atoms with Gasteiger partial charge in [0.05, 0.1) is 11.1 Å². The van der Waals surface area contributed by atoms with Crippen molar-refractivity contribution >= 4 is 17.2 Å². The lowest BCUT2D eigenvalue weighted by Gasteiger charge is -2.29. The first-order valence-corrected chi connectivity index (χ1v) is 6.19. The van der Waals surface area contributed by atoms with E-state index < -0.39 is 11.1 Å². The number of thiazole rings is 1. The molecule has 1 atom stereocenters. The van der Waals surface area contributed by atoms with Crippen LogP contribution in [0.5, 0.6) is 0 Å². The standard InChI is InChI=1S/C11H19N3OS/c1-5-11(4,12)8(15)14-10(2,3)9-13-6-7-16-9/h6-7H,5,12H2,1-4H3,(H,14,15). The van der Waals surface area contributed by atoms with E-state index >= 15 is 0 Å². The molecule has 0 aliphatic heterocycles. The zero-order valence-electron chi connectivity index (χ0n) is 10.2. The van der Waals surface area contributed by atoms with Crippen molar-refractivity contribution in [3.63, 3.8) is 0 Å². The average Bonchev–Trinajstić information content (AvgIpc) is 2.70. The molecular weight excluding hydrogens is 222 g/mol. The molecule has 0 saturated heterocycles. The van der Waals surface area contributed by atoms with Crippen molar-refractivity contribution in [3.8, 4) is 0 Å². The largest absolute Gasteiger partial charge is 0.343 e. The maximum atomic E-state index is 11.9. The summed E-state index contributed by atoms with van der Waals surface area (Å²) < 4.78 is 0. The molecule has 1 unspecified atom stereocenters. The van der Waals surface area contributed by atoms with Crippen molar-refractivity contribution in [2.45, 2.75) is 45.2 Å². The quantitative estimate of drug-likeness (QED) is 0.841. The van der Waals surface area contributed by atoms with Gasteiger partial charge >= 0.3 is 0 Å². The van der Waals surface area contributed by atoms with Crippen LogP contribution < -0.4 is 11.1 Å². The maximum absolute atomic E-state index is 11.9. The van der Waals surface area contributed by atoms with Gasteiger partial charge in [0.2, 0.25) is 5.91 Å². The molecule has 5 heteroatoms. The molecule has 16 heavy (non-hydrogen) atoms. The summed E-state index contributed by atoms with van der Waals surface area (Å²) >= 11 is 1.52. The zero-order valence-corrected chi connectivity index (χ0v) is 11.0. The molecule has 1 amide bonds.